The van der Waals surface area contributed by atoms with Gasteiger partial charge in [0.25, 0.3) is 0 Å². The van der Waals surface area contributed by atoms with Crippen LogP contribution in [0, 0.1) is 0 Å². The summed E-state index contributed by atoms with van der Waals surface area (Å²) in [5.41, 5.74) is 15.3. The van der Waals surface area contributed by atoms with Gasteiger partial charge in [0.15, 0.2) is 0 Å². The minimum absolute atomic E-state index is 0.0207. The number of carbonyl (C=O) groups is 1. The topological polar surface area (TPSA) is 101 Å². The number of carbonyl (C=O) groups excluding carboxylic acids is 1. The number of rotatable bonds is 6. The highest BCUT2D eigenvalue weighted by Gasteiger charge is 2.31. The molecule has 1 saturated carbocycles. The van der Waals surface area contributed by atoms with Crippen LogP contribution in [0.4, 0.5) is 22.0 Å². The number of hydrogen-bond acceptors (Lipinski definition) is 5. The van der Waals surface area contributed by atoms with Crippen LogP contribution in [-0.2, 0) is 6.54 Å². The molecule has 0 aliphatic heterocycles. The average Bonchev–Trinajstić information content (AvgIpc) is 2.80. The number of halogens is 1. The van der Waals surface area contributed by atoms with Gasteiger partial charge in [0.05, 0.1) is 16.2 Å². The first-order valence-electron chi connectivity index (χ1n) is 11.3. The van der Waals surface area contributed by atoms with Gasteiger partial charge in [0, 0.05) is 49.9 Å². The third-order valence-electron chi connectivity index (χ3n) is 6.36. The Bertz CT molecular complexity index is 1140. The number of para-hydroxylation sites is 2. The molecule has 0 atom stereocenters. The van der Waals surface area contributed by atoms with Crippen molar-refractivity contribution >= 4 is 45.7 Å². The van der Waals surface area contributed by atoms with Crippen LogP contribution >= 0.6 is 11.6 Å². The molecule has 2 amide bonds. The number of hydrogen-bond donors (Lipinski definition) is 3. The first-order valence-corrected chi connectivity index (χ1v) is 11.7. The summed E-state index contributed by atoms with van der Waals surface area (Å²) in [5, 5.41) is 5.24. The van der Waals surface area contributed by atoms with Crippen LogP contribution in [0.3, 0.4) is 0 Å². The number of nitrogens with zero attached hydrogens (tertiary/aromatic N) is 3. The van der Waals surface area contributed by atoms with Crippen molar-refractivity contribution in [3.05, 3.63) is 59.1 Å². The molecule has 33 heavy (non-hydrogen) atoms. The van der Waals surface area contributed by atoms with E-state index >= 15 is 0 Å². The molecular formula is C25H31ClN6O. The second-order valence-corrected chi connectivity index (χ2v) is 9.16. The number of anilines is 3. The lowest BCUT2D eigenvalue weighted by atomic mass is 9.89. The van der Waals surface area contributed by atoms with Crippen LogP contribution in [0.2, 0.25) is 5.02 Å². The first-order chi connectivity index (χ1) is 15.9. The van der Waals surface area contributed by atoms with Gasteiger partial charge in [0.2, 0.25) is 0 Å². The molecule has 0 unspecified atom stereocenters. The quantitative estimate of drug-likeness (QED) is 0.488. The summed E-state index contributed by atoms with van der Waals surface area (Å²) < 4.78 is 0. The molecule has 1 heterocycles. The lowest BCUT2D eigenvalue weighted by Gasteiger charge is -2.37. The summed E-state index contributed by atoms with van der Waals surface area (Å²) in [5.74, 6) is 0.865. The molecule has 8 heteroatoms. The molecule has 0 spiro atoms. The molecule has 0 radical (unpaired) electrons. The highest BCUT2D eigenvalue weighted by molar-refractivity contribution is 6.34. The van der Waals surface area contributed by atoms with E-state index in [2.05, 4.69) is 22.3 Å². The number of fused-ring (bicyclic) bond motifs is 1. The normalized spacial score (nSPS) is 18.2. The van der Waals surface area contributed by atoms with E-state index in [0.717, 1.165) is 53.7 Å². The van der Waals surface area contributed by atoms with E-state index < -0.39 is 6.03 Å². The van der Waals surface area contributed by atoms with Gasteiger partial charge in [-0.3, -0.25) is 4.90 Å². The Hall–Kier alpha value is -3.03. The van der Waals surface area contributed by atoms with Gasteiger partial charge >= 0.3 is 6.03 Å². The number of urea groups is 1. The van der Waals surface area contributed by atoms with Crippen molar-refractivity contribution < 1.29 is 4.79 Å². The van der Waals surface area contributed by atoms with Crippen molar-refractivity contribution in [1.82, 2.24) is 4.98 Å². The molecule has 5 N–H and O–H groups in total. The molecule has 3 aromatic rings. The predicted octanol–water partition coefficient (Wildman–Crippen LogP) is 4.72. The highest BCUT2D eigenvalue weighted by atomic mass is 35.5. The van der Waals surface area contributed by atoms with Crippen molar-refractivity contribution in [3.8, 4) is 0 Å². The molecule has 1 aromatic heterocycles. The lowest BCUT2D eigenvalue weighted by molar-refractivity contribution is 0.248. The van der Waals surface area contributed by atoms with E-state index in [0.29, 0.717) is 17.3 Å². The first kappa shape index (κ1) is 23.1. The summed E-state index contributed by atoms with van der Waals surface area (Å²) in [6, 6.07) is 15.5. The van der Waals surface area contributed by atoms with Crippen molar-refractivity contribution in [2.45, 2.75) is 44.3 Å². The Morgan fingerprint density at radius 3 is 2.52 bits per heavy atom. The van der Waals surface area contributed by atoms with Gasteiger partial charge in [-0.1, -0.05) is 41.9 Å². The van der Waals surface area contributed by atoms with Crippen molar-refractivity contribution in [2.75, 3.05) is 29.2 Å². The minimum Gasteiger partial charge on any atom is -0.377 e. The lowest BCUT2D eigenvalue weighted by Crippen LogP contribution is -2.47. The summed E-state index contributed by atoms with van der Waals surface area (Å²) in [7, 11) is 4.08. The number of pyridine rings is 1. The highest BCUT2D eigenvalue weighted by Crippen LogP contribution is 2.36. The summed E-state index contributed by atoms with van der Waals surface area (Å²) in [4.78, 5) is 21.0. The average molecular weight is 467 g/mol. The maximum absolute atomic E-state index is 12.4. The van der Waals surface area contributed by atoms with E-state index in [4.69, 9.17) is 28.1 Å². The second-order valence-electron chi connectivity index (χ2n) is 8.75. The van der Waals surface area contributed by atoms with Gasteiger partial charge in [0.1, 0.15) is 5.82 Å². The molecule has 1 aliphatic rings. The number of amides is 2. The number of benzene rings is 2. The summed E-state index contributed by atoms with van der Waals surface area (Å²) >= 11 is 6.46. The van der Waals surface area contributed by atoms with Gasteiger partial charge in [-0.15, -0.1) is 0 Å². The molecule has 7 nitrogen and oxygen atoms in total. The zero-order valence-electron chi connectivity index (χ0n) is 19.1. The smallest absolute Gasteiger partial charge is 0.319 e. The van der Waals surface area contributed by atoms with Gasteiger partial charge < -0.3 is 21.7 Å². The fourth-order valence-corrected chi connectivity index (χ4v) is 5.04. The fourth-order valence-electron chi connectivity index (χ4n) is 4.76. The zero-order chi connectivity index (χ0) is 23.5. The molecule has 1 fully saturated rings. The maximum atomic E-state index is 12.4. The van der Waals surface area contributed by atoms with Crippen molar-refractivity contribution in [2.24, 2.45) is 11.5 Å². The Balaban J connectivity index is 1.51. The predicted molar refractivity (Wildman–Crippen MR) is 137 cm³/mol. The van der Waals surface area contributed by atoms with Crippen LogP contribution in [-0.4, -0.2) is 37.2 Å². The molecule has 1 aliphatic carbocycles. The van der Waals surface area contributed by atoms with Crippen LogP contribution < -0.4 is 26.6 Å². The third-order valence-corrected chi connectivity index (χ3v) is 6.66. The fraction of sp³-hybridized carbons (Fsp3) is 0.360. The van der Waals surface area contributed by atoms with Crippen molar-refractivity contribution in [1.29, 1.82) is 0 Å². The third kappa shape index (κ3) is 4.84. The van der Waals surface area contributed by atoms with Crippen LogP contribution in [0.15, 0.2) is 48.5 Å². The zero-order valence-corrected chi connectivity index (χ0v) is 19.8. The van der Waals surface area contributed by atoms with Crippen LogP contribution in [0.5, 0.6) is 0 Å². The van der Waals surface area contributed by atoms with Crippen molar-refractivity contribution in [3.63, 3.8) is 0 Å². The van der Waals surface area contributed by atoms with Gasteiger partial charge in [-0.25, -0.2) is 9.78 Å². The Labute approximate surface area is 199 Å². The van der Waals surface area contributed by atoms with E-state index in [9.17, 15) is 4.79 Å². The SMILES string of the molecule is CN(C)c1cc(N[C@H]2CC[C@@H](N(C(N)=O)c3c(Cl)cccc3CN)CC2)nc2ccccc12. The van der Waals surface area contributed by atoms with E-state index in [-0.39, 0.29) is 12.1 Å². The Morgan fingerprint density at radius 1 is 1.12 bits per heavy atom. The Morgan fingerprint density at radius 2 is 1.85 bits per heavy atom. The van der Waals surface area contributed by atoms with E-state index in [1.165, 1.54) is 0 Å². The number of primary amides is 1. The van der Waals surface area contributed by atoms with E-state index in [1.54, 1.807) is 11.0 Å². The minimum atomic E-state index is -0.499. The molecule has 0 bridgehead atoms. The molecule has 174 valence electrons. The van der Waals surface area contributed by atoms with Gasteiger partial charge in [-0.2, -0.15) is 0 Å². The molecule has 2 aromatic carbocycles. The van der Waals surface area contributed by atoms with Gasteiger partial charge in [-0.05, 0) is 43.4 Å². The van der Waals surface area contributed by atoms with Crippen LogP contribution in [0.1, 0.15) is 31.2 Å². The molecular weight excluding hydrogens is 436 g/mol. The summed E-state index contributed by atoms with van der Waals surface area (Å²) in [6.07, 6.45) is 3.40. The molecule has 4 rings (SSSR count). The number of nitrogens with two attached hydrogens (primary N) is 2. The van der Waals surface area contributed by atoms with E-state index in [1.807, 2.05) is 44.4 Å². The standard InChI is InChI=1S/C25H31ClN6O/c1-31(2)22-14-23(30-21-9-4-3-7-19(21)22)29-17-10-12-18(13-11-17)32(25(28)33)24-16(15-27)6-5-8-20(24)26/h3-9,14,17-18H,10-13,15,27H2,1-2H3,(H2,28,33)(H,29,30)/t17-,18+. The summed E-state index contributed by atoms with van der Waals surface area (Å²) in [6.45, 7) is 0.290. The Kier molecular flexibility index (Phi) is 6.91. The largest absolute Gasteiger partial charge is 0.377 e. The molecule has 0 saturated heterocycles. The van der Waals surface area contributed by atoms with Crippen LogP contribution in [0.25, 0.3) is 10.9 Å². The maximum Gasteiger partial charge on any atom is 0.319 e. The number of aromatic nitrogens is 1. The monoisotopic (exact) mass is 466 g/mol. The number of nitrogens with one attached hydrogen (secondary N) is 1. The second kappa shape index (κ2) is 9.85.